The van der Waals surface area contributed by atoms with Gasteiger partial charge in [0, 0.05) is 18.8 Å². The molecule has 1 aromatic heterocycles. The summed E-state index contributed by atoms with van der Waals surface area (Å²) in [6.45, 7) is 5.59. The maximum atomic E-state index is 4.39. The van der Waals surface area contributed by atoms with Gasteiger partial charge in [-0.3, -0.25) is 0 Å². The van der Waals surface area contributed by atoms with Gasteiger partial charge in [0.05, 0.1) is 3.57 Å². The maximum absolute atomic E-state index is 4.39. The Bertz CT molecular complexity index is 336. The third kappa shape index (κ3) is 2.80. The fourth-order valence-electron chi connectivity index (χ4n) is 1.64. The molecule has 2 rings (SSSR count). The van der Waals surface area contributed by atoms with E-state index in [9.17, 15) is 0 Å². The van der Waals surface area contributed by atoms with E-state index >= 15 is 0 Å². The van der Waals surface area contributed by atoms with Crippen molar-refractivity contribution >= 4 is 28.4 Å². The van der Waals surface area contributed by atoms with Crippen LogP contribution >= 0.6 is 22.6 Å². The molecule has 0 atom stereocenters. The molecule has 0 spiro atoms. The van der Waals surface area contributed by atoms with E-state index in [0.29, 0.717) is 6.04 Å². The van der Waals surface area contributed by atoms with Crippen LogP contribution in [-0.2, 0) is 0 Å². The molecule has 0 bridgehead atoms. The third-order valence-electron chi connectivity index (χ3n) is 2.70. The van der Waals surface area contributed by atoms with Crippen molar-refractivity contribution in [2.75, 3.05) is 11.4 Å². The summed E-state index contributed by atoms with van der Waals surface area (Å²) in [6.07, 6.45) is 6.28. The first-order chi connectivity index (χ1) is 7.18. The van der Waals surface area contributed by atoms with E-state index in [0.717, 1.165) is 21.9 Å². The summed E-state index contributed by atoms with van der Waals surface area (Å²) >= 11 is 2.31. The Labute approximate surface area is 104 Å². The molecule has 4 heteroatoms. The second kappa shape index (κ2) is 4.63. The van der Waals surface area contributed by atoms with E-state index in [2.05, 4.69) is 51.3 Å². The topological polar surface area (TPSA) is 29.0 Å². The summed E-state index contributed by atoms with van der Waals surface area (Å²) in [4.78, 5) is 10.8. The van der Waals surface area contributed by atoms with Crippen LogP contribution < -0.4 is 4.90 Å². The van der Waals surface area contributed by atoms with E-state index < -0.39 is 0 Å². The van der Waals surface area contributed by atoms with Gasteiger partial charge in [0.15, 0.2) is 0 Å². The number of anilines is 1. The van der Waals surface area contributed by atoms with Gasteiger partial charge in [0.2, 0.25) is 0 Å². The lowest BCUT2D eigenvalue weighted by Gasteiger charge is -2.28. The quantitative estimate of drug-likeness (QED) is 0.800. The van der Waals surface area contributed by atoms with E-state index in [-0.39, 0.29) is 0 Å². The van der Waals surface area contributed by atoms with E-state index in [4.69, 9.17) is 0 Å². The van der Waals surface area contributed by atoms with Gasteiger partial charge in [0.25, 0.3) is 0 Å². The van der Waals surface area contributed by atoms with Crippen molar-refractivity contribution in [3.05, 3.63) is 16.1 Å². The molecule has 1 aromatic rings. The molecule has 1 aliphatic rings. The monoisotopic (exact) mass is 317 g/mol. The molecule has 0 saturated heterocycles. The Morgan fingerprint density at radius 1 is 1.53 bits per heavy atom. The van der Waals surface area contributed by atoms with Crippen LogP contribution in [0.25, 0.3) is 0 Å². The SMILES string of the molecule is CC(C)N(CC1CC1)c1ncncc1I. The van der Waals surface area contributed by atoms with Crippen LogP contribution in [0.1, 0.15) is 26.7 Å². The third-order valence-corrected chi connectivity index (χ3v) is 3.46. The molecule has 0 N–H and O–H groups in total. The fraction of sp³-hybridized carbons (Fsp3) is 0.636. The van der Waals surface area contributed by atoms with Gasteiger partial charge in [-0.05, 0) is 55.2 Å². The number of halogens is 1. The normalized spacial score (nSPS) is 15.7. The zero-order valence-electron chi connectivity index (χ0n) is 9.15. The molecule has 3 nitrogen and oxygen atoms in total. The van der Waals surface area contributed by atoms with E-state index in [1.807, 2.05) is 6.20 Å². The van der Waals surface area contributed by atoms with Crippen LogP contribution in [0.2, 0.25) is 0 Å². The van der Waals surface area contributed by atoms with Crippen molar-refractivity contribution < 1.29 is 0 Å². The molecule has 0 radical (unpaired) electrons. The summed E-state index contributed by atoms with van der Waals surface area (Å²) in [5, 5.41) is 0. The van der Waals surface area contributed by atoms with Crippen LogP contribution in [0.5, 0.6) is 0 Å². The van der Waals surface area contributed by atoms with Crippen molar-refractivity contribution in [3.63, 3.8) is 0 Å². The van der Waals surface area contributed by atoms with Gasteiger partial charge >= 0.3 is 0 Å². The average molecular weight is 317 g/mol. The highest BCUT2D eigenvalue weighted by Crippen LogP contribution is 2.32. The lowest BCUT2D eigenvalue weighted by molar-refractivity contribution is 0.634. The summed E-state index contributed by atoms with van der Waals surface area (Å²) < 4.78 is 1.14. The second-order valence-corrected chi connectivity index (χ2v) is 5.55. The van der Waals surface area contributed by atoms with Gasteiger partial charge in [-0.2, -0.15) is 0 Å². The molecular weight excluding hydrogens is 301 g/mol. The lowest BCUT2D eigenvalue weighted by atomic mass is 10.2. The molecule has 0 amide bonds. The van der Waals surface area contributed by atoms with Crippen LogP contribution in [0.3, 0.4) is 0 Å². The lowest BCUT2D eigenvalue weighted by Crippen LogP contribution is -2.34. The van der Waals surface area contributed by atoms with Crippen LogP contribution in [0.15, 0.2) is 12.5 Å². The molecule has 0 aliphatic heterocycles. The minimum absolute atomic E-state index is 0.508. The first-order valence-corrected chi connectivity index (χ1v) is 6.48. The van der Waals surface area contributed by atoms with E-state index in [1.165, 1.54) is 12.8 Å². The predicted octanol–water partition coefficient (Wildman–Crippen LogP) is 2.71. The first-order valence-electron chi connectivity index (χ1n) is 5.40. The van der Waals surface area contributed by atoms with Gasteiger partial charge in [-0.1, -0.05) is 0 Å². The van der Waals surface area contributed by atoms with Crippen molar-refractivity contribution in [2.24, 2.45) is 5.92 Å². The Morgan fingerprint density at radius 2 is 2.27 bits per heavy atom. The Kier molecular flexibility index (Phi) is 3.43. The van der Waals surface area contributed by atoms with Gasteiger partial charge in [-0.15, -0.1) is 0 Å². The Hall–Kier alpha value is -0.390. The number of rotatable bonds is 4. The molecule has 0 unspecified atom stereocenters. The smallest absolute Gasteiger partial charge is 0.145 e. The van der Waals surface area contributed by atoms with Crippen molar-refractivity contribution in [3.8, 4) is 0 Å². The highest BCUT2D eigenvalue weighted by molar-refractivity contribution is 14.1. The van der Waals surface area contributed by atoms with Crippen LogP contribution in [0.4, 0.5) is 5.82 Å². The minimum Gasteiger partial charge on any atom is -0.353 e. The summed E-state index contributed by atoms with van der Waals surface area (Å²) in [6, 6.07) is 0.508. The standard InChI is InChI=1S/C11H16IN3/c1-8(2)15(6-9-3-4-9)11-10(12)5-13-7-14-11/h5,7-9H,3-4,6H2,1-2H3. The zero-order chi connectivity index (χ0) is 10.8. The number of nitrogens with zero attached hydrogens (tertiary/aromatic N) is 3. The zero-order valence-corrected chi connectivity index (χ0v) is 11.3. The van der Waals surface area contributed by atoms with Crippen molar-refractivity contribution in [2.45, 2.75) is 32.7 Å². The summed E-state index contributed by atoms with van der Waals surface area (Å²) in [5.41, 5.74) is 0. The molecule has 1 fully saturated rings. The van der Waals surface area contributed by atoms with Crippen LogP contribution in [0, 0.1) is 9.49 Å². The number of hydrogen-bond acceptors (Lipinski definition) is 3. The maximum Gasteiger partial charge on any atom is 0.145 e. The summed E-state index contributed by atoms with van der Waals surface area (Å²) in [5.74, 6) is 1.98. The van der Waals surface area contributed by atoms with Gasteiger partial charge < -0.3 is 4.90 Å². The van der Waals surface area contributed by atoms with Crippen molar-refractivity contribution in [1.82, 2.24) is 9.97 Å². The minimum atomic E-state index is 0.508. The molecule has 1 saturated carbocycles. The average Bonchev–Trinajstić information content (AvgIpc) is 2.99. The Morgan fingerprint density at radius 3 is 2.80 bits per heavy atom. The van der Waals surface area contributed by atoms with Crippen LogP contribution in [-0.4, -0.2) is 22.6 Å². The van der Waals surface area contributed by atoms with E-state index in [1.54, 1.807) is 6.33 Å². The highest BCUT2D eigenvalue weighted by Gasteiger charge is 2.26. The molecule has 1 heterocycles. The molecule has 0 aromatic carbocycles. The molecule has 15 heavy (non-hydrogen) atoms. The van der Waals surface area contributed by atoms with Crippen molar-refractivity contribution in [1.29, 1.82) is 0 Å². The predicted molar refractivity (Wildman–Crippen MR) is 70.0 cm³/mol. The molecule has 82 valence electrons. The molecule has 1 aliphatic carbocycles. The highest BCUT2D eigenvalue weighted by atomic mass is 127. The fourth-order valence-corrected chi connectivity index (χ4v) is 2.25. The summed E-state index contributed by atoms with van der Waals surface area (Å²) in [7, 11) is 0. The second-order valence-electron chi connectivity index (χ2n) is 4.38. The number of aromatic nitrogens is 2. The Balaban J connectivity index is 2.19. The molecular formula is C11H16IN3. The van der Waals surface area contributed by atoms with Gasteiger partial charge in [0.1, 0.15) is 12.1 Å². The number of hydrogen-bond donors (Lipinski definition) is 0. The van der Waals surface area contributed by atoms with Gasteiger partial charge in [-0.25, -0.2) is 9.97 Å². The largest absolute Gasteiger partial charge is 0.353 e. The first kappa shape index (κ1) is 11.1.